The molecule has 1 fully saturated rings. The van der Waals surface area contributed by atoms with Gasteiger partial charge in [-0.2, -0.15) is 0 Å². The molecular formula is C20H24N6O. The van der Waals surface area contributed by atoms with Crippen LogP contribution in [-0.4, -0.2) is 70.4 Å². The van der Waals surface area contributed by atoms with Gasteiger partial charge in [0, 0.05) is 62.2 Å². The van der Waals surface area contributed by atoms with Gasteiger partial charge in [0.1, 0.15) is 0 Å². The van der Waals surface area contributed by atoms with Crippen molar-refractivity contribution in [3.8, 4) is 0 Å². The molecule has 0 saturated carbocycles. The lowest BCUT2D eigenvalue weighted by molar-refractivity contribution is 0.0663. The number of H-pyrrole nitrogens is 1. The van der Waals surface area contributed by atoms with Crippen molar-refractivity contribution in [2.75, 3.05) is 45.1 Å². The Morgan fingerprint density at radius 2 is 1.89 bits per heavy atom. The lowest BCUT2D eigenvalue weighted by atomic mass is 10.1. The molecule has 0 atom stereocenters. The van der Waals surface area contributed by atoms with Crippen molar-refractivity contribution in [2.24, 2.45) is 0 Å². The average Bonchev–Trinajstić information content (AvgIpc) is 3.12. The van der Waals surface area contributed by atoms with Crippen LogP contribution in [0.4, 0.5) is 5.95 Å². The zero-order valence-electron chi connectivity index (χ0n) is 15.5. The van der Waals surface area contributed by atoms with E-state index in [0.717, 1.165) is 44.7 Å². The van der Waals surface area contributed by atoms with Crippen LogP contribution in [0, 0.1) is 0 Å². The number of hydrogen-bond acceptors (Lipinski definition) is 5. The summed E-state index contributed by atoms with van der Waals surface area (Å²) < 4.78 is 0. The van der Waals surface area contributed by atoms with Crippen molar-refractivity contribution in [3.63, 3.8) is 0 Å². The van der Waals surface area contributed by atoms with Crippen LogP contribution in [0.25, 0.3) is 10.9 Å². The summed E-state index contributed by atoms with van der Waals surface area (Å²) in [7, 11) is 2.07. The number of aromatic amines is 1. The predicted molar refractivity (Wildman–Crippen MR) is 106 cm³/mol. The molecule has 1 aliphatic rings. The molecule has 140 valence electrons. The summed E-state index contributed by atoms with van der Waals surface area (Å²) in [5.41, 5.74) is 2.96. The number of fused-ring (bicyclic) bond motifs is 1. The summed E-state index contributed by atoms with van der Waals surface area (Å²) >= 11 is 0. The molecule has 0 unspecified atom stereocenters. The second-order valence-corrected chi connectivity index (χ2v) is 6.93. The van der Waals surface area contributed by atoms with Gasteiger partial charge in [-0.3, -0.25) is 4.79 Å². The largest absolute Gasteiger partial charge is 0.361 e. The molecule has 7 heteroatoms. The number of likely N-dealkylation sites (N-methyl/N-ethyl adjacent to an activating group) is 1. The first kappa shape index (κ1) is 17.5. The van der Waals surface area contributed by atoms with Crippen molar-refractivity contribution in [2.45, 2.75) is 6.42 Å². The molecule has 0 bridgehead atoms. The van der Waals surface area contributed by atoms with E-state index in [-0.39, 0.29) is 5.91 Å². The quantitative estimate of drug-likeness (QED) is 0.724. The highest BCUT2D eigenvalue weighted by Gasteiger charge is 2.20. The van der Waals surface area contributed by atoms with Crippen LogP contribution in [0.3, 0.4) is 0 Å². The van der Waals surface area contributed by atoms with Crippen LogP contribution < -0.4 is 5.32 Å². The van der Waals surface area contributed by atoms with Gasteiger partial charge in [0.25, 0.3) is 5.91 Å². The molecule has 3 heterocycles. The van der Waals surface area contributed by atoms with E-state index in [2.05, 4.69) is 44.3 Å². The topological polar surface area (TPSA) is 77.1 Å². The first-order chi connectivity index (χ1) is 13.2. The van der Waals surface area contributed by atoms with Gasteiger partial charge in [-0.15, -0.1) is 0 Å². The third-order valence-corrected chi connectivity index (χ3v) is 5.04. The molecule has 1 aliphatic heterocycles. The van der Waals surface area contributed by atoms with E-state index in [4.69, 9.17) is 0 Å². The maximum atomic E-state index is 12.5. The number of rotatable bonds is 5. The van der Waals surface area contributed by atoms with Crippen LogP contribution in [0.15, 0.2) is 42.9 Å². The zero-order chi connectivity index (χ0) is 18.6. The van der Waals surface area contributed by atoms with Crippen LogP contribution >= 0.6 is 0 Å². The predicted octanol–water partition coefficient (Wildman–Crippen LogP) is 2.00. The molecule has 0 spiro atoms. The molecule has 2 aromatic heterocycles. The molecule has 7 nitrogen and oxygen atoms in total. The van der Waals surface area contributed by atoms with Crippen molar-refractivity contribution >= 4 is 22.8 Å². The fourth-order valence-corrected chi connectivity index (χ4v) is 3.37. The standard InChI is InChI=1S/C20H24N6O/c1-25-8-10-26(11-9-25)19(27)16-13-23-20(24-14-16)21-7-6-15-12-22-18-5-3-2-4-17(15)18/h2-5,12-14,22H,6-11H2,1H3,(H,21,23,24). The van der Waals surface area contributed by atoms with E-state index in [9.17, 15) is 4.79 Å². The second-order valence-electron chi connectivity index (χ2n) is 6.93. The second kappa shape index (κ2) is 7.75. The Hall–Kier alpha value is -2.93. The molecule has 3 aromatic rings. The zero-order valence-corrected chi connectivity index (χ0v) is 15.5. The van der Waals surface area contributed by atoms with Crippen molar-refractivity contribution in [1.82, 2.24) is 24.8 Å². The minimum Gasteiger partial charge on any atom is -0.361 e. The molecule has 4 rings (SSSR count). The molecule has 1 saturated heterocycles. The number of aromatic nitrogens is 3. The van der Waals surface area contributed by atoms with E-state index in [1.54, 1.807) is 12.4 Å². The lowest BCUT2D eigenvalue weighted by Gasteiger charge is -2.32. The van der Waals surface area contributed by atoms with Gasteiger partial charge in [0.05, 0.1) is 5.56 Å². The van der Waals surface area contributed by atoms with Gasteiger partial charge in [-0.25, -0.2) is 9.97 Å². The van der Waals surface area contributed by atoms with Crippen LogP contribution in [0.1, 0.15) is 15.9 Å². The number of amides is 1. The summed E-state index contributed by atoms with van der Waals surface area (Å²) in [6.45, 7) is 4.04. The maximum Gasteiger partial charge on any atom is 0.257 e. The fraction of sp³-hybridized carbons (Fsp3) is 0.350. The summed E-state index contributed by atoms with van der Waals surface area (Å²) in [5, 5.41) is 4.48. The number of carbonyl (C=O) groups excluding carboxylic acids is 1. The van der Waals surface area contributed by atoms with Gasteiger partial charge < -0.3 is 20.1 Å². The van der Waals surface area contributed by atoms with Gasteiger partial charge in [0.2, 0.25) is 5.95 Å². The molecule has 0 aliphatic carbocycles. The SMILES string of the molecule is CN1CCN(C(=O)c2cnc(NCCc3c[nH]c4ccccc34)nc2)CC1. The highest BCUT2D eigenvalue weighted by Crippen LogP contribution is 2.18. The van der Waals surface area contributed by atoms with Gasteiger partial charge in [0.15, 0.2) is 0 Å². The summed E-state index contributed by atoms with van der Waals surface area (Å²) in [6, 6.07) is 8.27. The Morgan fingerprint density at radius 3 is 2.67 bits per heavy atom. The third-order valence-electron chi connectivity index (χ3n) is 5.04. The Labute approximate surface area is 158 Å². The molecule has 0 radical (unpaired) electrons. The smallest absolute Gasteiger partial charge is 0.257 e. The number of nitrogens with one attached hydrogen (secondary N) is 2. The van der Waals surface area contributed by atoms with Crippen LogP contribution in [-0.2, 0) is 6.42 Å². The van der Waals surface area contributed by atoms with Gasteiger partial charge >= 0.3 is 0 Å². The van der Waals surface area contributed by atoms with E-state index < -0.39 is 0 Å². The summed E-state index contributed by atoms with van der Waals surface area (Å²) in [6.07, 6.45) is 6.14. The molecule has 1 amide bonds. The minimum atomic E-state index is 0.00782. The van der Waals surface area contributed by atoms with E-state index in [1.807, 2.05) is 23.2 Å². The maximum absolute atomic E-state index is 12.5. The Bertz CT molecular complexity index is 912. The van der Waals surface area contributed by atoms with Crippen LogP contribution in [0.2, 0.25) is 0 Å². The Kier molecular flexibility index (Phi) is 5.02. The highest BCUT2D eigenvalue weighted by molar-refractivity contribution is 5.93. The van der Waals surface area contributed by atoms with E-state index in [0.29, 0.717) is 11.5 Å². The number of anilines is 1. The summed E-state index contributed by atoms with van der Waals surface area (Å²) in [5.74, 6) is 0.554. The van der Waals surface area contributed by atoms with Crippen molar-refractivity contribution in [1.29, 1.82) is 0 Å². The Balaban J connectivity index is 1.32. The lowest BCUT2D eigenvalue weighted by Crippen LogP contribution is -2.47. The number of para-hydroxylation sites is 1. The van der Waals surface area contributed by atoms with Gasteiger partial charge in [-0.05, 0) is 25.1 Å². The van der Waals surface area contributed by atoms with Crippen LogP contribution in [0.5, 0.6) is 0 Å². The van der Waals surface area contributed by atoms with Crippen molar-refractivity contribution < 1.29 is 4.79 Å². The first-order valence-electron chi connectivity index (χ1n) is 9.29. The van der Waals surface area contributed by atoms with Crippen molar-refractivity contribution in [3.05, 3.63) is 54.0 Å². The minimum absolute atomic E-state index is 0.00782. The van der Waals surface area contributed by atoms with E-state index >= 15 is 0 Å². The average molecular weight is 364 g/mol. The Morgan fingerprint density at radius 1 is 1.15 bits per heavy atom. The molecule has 2 N–H and O–H groups in total. The van der Waals surface area contributed by atoms with E-state index in [1.165, 1.54) is 10.9 Å². The fourth-order valence-electron chi connectivity index (χ4n) is 3.37. The normalized spacial score (nSPS) is 15.2. The molecule has 27 heavy (non-hydrogen) atoms. The third kappa shape index (κ3) is 3.93. The molecule has 1 aromatic carbocycles. The number of piperazine rings is 1. The number of hydrogen-bond donors (Lipinski definition) is 2. The number of nitrogens with zero attached hydrogens (tertiary/aromatic N) is 4. The highest BCUT2D eigenvalue weighted by atomic mass is 16.2. The first-order valence-corrected chi connectivity index (χ1v) is 9.29. The monoisotopic (exact) mass is 364 g/mol. The molecular weight excluding hydrogens is 340 g/mol. The van der Waals surface area contributed by atoms with Gasteiger partial charge in [-0.1, -0.05) is 18.2 Å². The number of carbonyl (C=O) groups is 1. The summed E-state index contributed by atoms with van der Waals surface area (Å²) in [4.78, 5) is 28.5. The number of benzene rings is 1.